The van der Waals surface area contributed by atoms with Crippen LogP contribution in [0.1, 0.15) is 37.0 Å². The number of rotatable bonds is 32. The maximum Gasteiger partial charge on any atom is 0.335 e. The number of carbonyl (C=O) groups excluding carboxylic acids is 2. The van der Waals surface area contributed by atoms with Crippen molar-refractivity contribution in [1.82, 2.24) is 10.6 Å². The number of nitrogens with one attached hydrogen (secondary N) is 2. The molecule has 30 atom stereocenters. The Kier molecular flexibility index (Phi) is 30.0. The Morgan fingerprint density at radius 3 is 1.16 bits per heavy atom. The van der Waals surface area contributed by atoms with Gasteiger partial charge in [-0.25, -0.2) is 4.79 Å². The smallest absolute Gasteiger partial charge is 0.335 e. The molecule has 0 aromatic heterocycles. The lowest BCUT2D eigenvalue weighted by atomic mass is 9.92. The summed E-state index contributed by atoms with van der Waals surface area (Å²) >= 11 is 0. The number of benzene rings is 2. The van der Waals surface area contributed by atoms with Crippen molar-refractivity contribution in [3.63, 3.8) is 0 Å². The Bertz CT molecular complexity index is 2830. The third-order valence-corrected chi connectivity index (χ3v) is 17.7. The van der Waals surface area contributed by atoms with Crippen LogP contribution in [0, 0.1) is 11.8 Å². The lowest BCUT2D eigenvalue weighted by molar-refractivity contribution is -0.377. The van der Waals surface area contributed by atoms with E-state index in [1.807, 2.05) is 0 Å². The van der Waals surface area contributed by atoms with Crippen molar-refractivity contribution >= 4 is 17.8 Å². The molecule has 6 heterocycles. The molecule has 6 aliphatic rings. The first-order chi connectivity index (χ1) is 47.3. The molecule has 6 aliphatic heterocycles. The first kappa shape index (κ1) is 79.9. The Morgan fingerprint density at radius 2 is 0.758 bits per heavy atom. The van der Waals surface area contributed by atoms with Crippen molar-refractivity contribution in [2.24, 2.45) is 11.8 Å². The number of aliphatic hydroxyl groups excluding tert-OH is 18. The summed E-state index contributed by atoms with van der Waals surface area (Å²) in [5.74, 6) is -3.88. The zero-order valence-electron chi connectivity index (χ0n) is 53.7. The number of amides is 2. The number of ether oxygens (including phenoxy) is 14. The summed E-state index contributed by atoms with van der Waals surface area (Å²) in [4.78, 5) is 38.0. The van der Waals surface area contributed by atoms with E-state index in [1.165, 1.54) is 25.1 Å². The van der Waals surface area contributed by atoms with Gasteiger partial charge in [0.1, 0.15) is 134 Å². The van der Waals surface area contributed by atoms with Crippen LogP contribution in [0.5, 0.6) is 11.5 Å². The van der Waals surface area contributed by atoms with E-state index in [-0.39, 0.29) is 56.2 Å². The SMILES string of the molecule is CC1[C@H](OCCCNC(=O)COc2cccc(-c3cc(OCC(=O)NCCCO[C@@H]4OC(CO)[C@@H](O[C@@H]5OC(CO)[C@H](O)[C@H](O[C@H]6OC(CO)[C@H](O)[C@H](O)C6O)C5O)[C@H](O)C4C)cc(C(=O)O)c3)c2)OC(CO)[C@@H](O[C@@H]2OC(CO)[C@H](O)[C@H](O[C@H]3OC(CO)[C@H](O)[C@H](O)C3O)C2O)[C@@H]1O. The minimum atomic E-state index is -1.94. The molecule has 38 nitrogen and oxygen atoms in total. The van der Waals surface area contributed by atoms with E-state index in [4.69, 9.17) is 66.3 Å². The predicted octanol–water partition coefficient (Wildman–Crippen LogP) is -9.70. The highest BCUT2D eigenvalue weighted by atomic mass is 16.8. The van der Waals surface area contributed by atoms with Crippen LogP contribution < -0.4 is 20.1 Å². The van der Waals surface area contributed by atoms with Crippen LogP contribution in [-0.2, 0) is 66.4 Å². The van der Waals surface area contributed by atoms with Gasteiger partial charge in [0.2, 0.25) is 0 Å². The van der Waals surface area contributed by atoms with Crippen molar-refractivity contribution in [2.75, 3.05) is 79.2 Å². The van der Waals surface area contributed by atoms with E-state index in [1.54, 1.807) is 31.2 Å². The highest BCUT2D eigenvalue weighted by Crippen LogP contribution is 2.38. The van der Waals surface area contributed by atoms with Crippen LogP contribution in [-0.4, -0.2) is 366 Å². The van der Waals surface area contributed by atoms with Gasteiger partial charge in [0, 0.05) is 24.9 Å². The maximum atomic E-state index is 12.9. The Morgan fingerprint density at radius 1 is 0.394 bits per heavy atom. The van der Waals surface area contributed by atoms with Crippen molar-refractivity contribution in [2.45, 2.75) is 199 Å². The summed E-state index contributed by atoms with van der Waals surface area (Å²) in [7, 11) is 0. The zero-order chi connectivity index (χ0) is 72.1. The van der Waals surface area contributed by atoms with Crippen molar-refractivity contribution in [3.05, 3.63) is 48.0 Å². The monoisotopic (exact) mass is 1430 g/mol. The average Bonchev–Trinajstić information content (AvgIpc) is 0.784. The van der Waals surface area contributed by atoms with E-state index in [0.29, 0.717) is 11.1 Å². The molecule has 2 aromatic carbocycles. The number of carboxylic acids is 1. The van der Waals surface area contributed by atoms with Gasteiger partial charge in [-0.05, 0) is 54.3 Å². The number of carboxylic acid groups (broad SMARTS) is 1. The molecule has 0 bridgehead atoms. The summed E-state index contributed by atoms with van der Waals surface area (Å²) in [5, 5.41) is 204. The van der Waals surface area contributed by atoms with E-state index in [2.05, 4.69) is 10.6 Å². The van der Waals surface area contributed by atoms with Gasteiger partial charge in [-0.2, -0.15) is 0 Å². The third kappa shape index (κ3) is 19.6. The fraction of sp³-hybridized carbons (Fsp3) is 0.754. The standard InChI is InChI=1S/C61H92N2O36/c1-24-39(72)51(96-60-49(82)53(43(76)33(18-66)92-60)98-58-47(80)45(78)41(74)31(16-64)90-58)35(20-68)94-56(24)86-10-4-8-62-37(70)22-88-29-7-3-6-26(13-29)27-12-28(55(84)85)15-30(14-27)89-23-38(71)63-9-5-11-87-57-25(2)40(73)52(36(21-69)95-57)97-61-50(83)54(44(77)34(19-67)93-61)99-59-48(81)46(79)42(75)32(17-65)91-59/h3,6-7,12-15,24-25,31-36,39-54,56-61,64-69,72-83H,4-5,8-11,16-23H2,1-2H3,(H,62,70)(H,63,71)(H,84,85)/t24?,25?,31?,32?,33?,34?,35?,36?,39-,40-,41+,42+,43+,44+,45+,46+,47?,48?,49?,50?,51-,52-,53+,54+,56-,57-,58-,59-,60+,61+/m1/s1. The predicted molar refractivity (Wildman–Crippen MR) is 321 cm³/mol. The molecule has 8 rings (SSSR count). The molecule has 562 valence electrons. The second-order valence-electron chi connectivity index (χ2n) is 24.7. The van der Waals surface area contributed by atoms with Gasteiger partial charge >= 0.3 is 5.97 Å². The topological polar surface area (TPSA) is 589 Å². The summed E-state index contributed by atoms with van der Waals surface area (Å²) < 4.78 is 79.9. The Balaban J connectivity index is 0.738. The molecule has 38 heteroatoms. The molecule has 2 aromatic rings. The fourth-order valence-corrected chi connectivity index (χ4v) is 11.9. The quantitative estimate of drug-likeness (QED) is 0.0303. The van der Waals surface area contributed by atoms with Crippen LogP contribution in [0.4, 0.5) is 0 Å². The second-order valence-corrected chi connectivity index (χ2v) is 24.7. The highest BCUT2D eigenvalue weighted by Gasteiger charge is 2.56. The number of aromatic carboxylic acids is 1. The summed E-state index contributed by atoms with van der Waals surface area (Å²) in [5.41, 5.74) is 0.634. The molecule has 21 N–H and O–H groups in total. The van der Waals surface area contributed by atoms with Gasteiger partial charge in [-0.1, -0.05) is 26.0 Å². The summed E-state index contributed by atoms with van der Waals surface area (Å²) in [6, 6.07) is 10.5. The highest BCUT2D eigenvalue weighted by molar-refractivity contribution is 5.90. The van der Waals surface area contributed by atoms with Crippen molar-refractivity contribution < 1.29 is 178 Å². The van der Waals surface area contributed by atoms with Gasteiger partial charge in [0.15, 0.2) is 51.0 Å². The Hall–Kier alpha value is -4.75. The first-order valence-electron chi connectivity index (χ1n) is 32.2. The van der Waals surface area contributed by atoms with Gasteiger partial charge in [-0.3, -0.25) is 9.59 Å². The number of hydrogen-bond acceptors (Lipinski definition) is 35. The zero-order valence-corrected chi connectivity index (χ0v) is 53.7. The minimum absolute atomic E-state index is 0.0200. The van der Waals surface area contributed by atoms with Gasteiger partial charge in [0.25, 0.3) is 11.8 Å². The fourth-order valence-electron chi connectivity index (χ4n) is 11.9. The summed E-state index contributed by atoms with van der Waals surface area (Å²) in [6.45, 7) is -2.60. The van der Waals surface area contributed by atoms with E-state index in [0.717, 1.165) is 0 Å². The van der Waals surface area contributed by atoms with Crippen molar-refractivity contribution in [1.29, 1.82) is 0 Å². The van der Waals surface area contributed by atoms with Gasteiger partial charge in [0.05, 0.1) is 70.6 Å². The molecule has 0 spiro atoms. The lowest BCUT2D eigenvalue weighted by Gasteiger charge is -2.48. The molecular formula is C61H92N2O36. The number of carbonyl (C=O) groups is 3. The largest absolute Gasteiger partial charge is 0.484 e. The van der Waals surface area contributed by atoms with Gasteiger partial charge in [-0.15, -0.1) is 0 Å². The molecule has 0 radical (unpaired) electrons. The average molecular weight is 1430 g/mol. The van der Waals surface area contributed by atoms with Crippen LogP contribution >= 0.6 is 0 Å². The lowest BCUT2D eigenvalue weighted by Crippen LogP contribution is -2.66. The van der Waals surface area contributed by atoms with E-state index >= 15 is 0 Å². The van der Waals surface area contributed by atoms with E-state index in [9.17, 15) is 111 Å². The third-order valence-electron chi connectivity index (χ3n) is 17.7. The Labute approximate surface area is 565 Å². The number of hydrogen-bond donors (Lipinski definition) is 21. The molecule has 12 unspecified atom stereocenters. The molecule has 2 amide bonds. The summed E-state index contributed by atoms with van der Waals surface area (Å²) in [6.07, 6.45) is -45.1. The molecule has 6 fully saturated rings. The maximum absolute atomic E-state index is 12.9. The molecule has 99 heavy (non-hydrogen) atoms. The normalized spacial score (nSPS) is 39.6. The second kappa shape index (κ2) is 37.1. The minimum Gasteiger partial charge on any atom is -0.484 e. The molecular weight excluding hydrogens is 1340 g/mol. The van der Waals surface area contributed by atoms with Crippen LogP contribution in [0.2, 0.25) is 0 Å². The van der Waals surface area contributed by atoms with Crippen LogP contribution in [0.15, 0.2) is 42.5 Å². The molecule has 0 aliphatic carbocycles. The van der Waals surface area contributed by atoms with Gasteiger partial charge < -0.3 is 174 Å². The van der Waals surface area contributed by atoms with E-state index < -0.39 is 255 Å². The molecule has 6 saturated heterocycles. The molecule has 0 saturated carbocycles. The number of aliphatic hydroxyl groups is 18. The van der Waals surface area contributed by atoms with Crippen LogP contribution in [0.3, 0.4) is 0 Å². The van der Waals surface area contributed by atoms with Crippen molar-refractivity contribution in [3.8, 4) is 22.6 Å². The van der Waals surface area contributed by atoms with Crippen LogP contribution in [0.25, 0.3) is 11.1 Å². The first-order valence-corrected chi connectivity index (χ1v) is 32.2.